The lowest BCUT2D eigenvalue weighted by molar-refractivity contribution is 0.689. The lowest BCUT2D eigenvalue weighted by Gasteiger charge is -2.05. The van der Waals surface area contributed by atoms with Crippen molar-refractivity contribution in [3.8, 4) is 0 Å². The monoisotopic (exact) mass is 240 g/mol. The molecule has 0 saturated carbocycles. The Morgan fingerprint density at radius 3 is 2.10 bits per heavy atom. The molecule has 0 atom stereocenters. The van der Waals surface area contributed by atoms with E-state index in [1.54, 1.807) is 24.3 Å². The summed E-state index contributed by atoms with van der Waals surface area (Å²) in [6.07, 6.45) is 0. The van der Waals surface area contributed by atoms with Crippen molar-refractivity contribution < 1.29 is 4.21 Å². The van der Waals surface area contributed by atoms with E-state index in [1.807, 2.05) is 6.07 Å². The Balaban J connectivity index is 3.09. The normalized spacial score (nSPS) is 13.0. The topological polar surface area (TPSA) is 17.1 Å². The molecule has 1 aromatic rings. The van der Waals surface area contributed by atoms with Gasteiger partial charge in [0, 0.05) is 27.3 Å². The molecule has 10 heavy (non-hydrogen) atoms. The predicted molar refractivity (Wildman–Crippen MR) is 49.0 cm³/mol. The molecule has 0 aromatic heterocycles. The van der Waals surface area contributed by atoms with Crippen molar-refractivity contribution in [3.05, 3.63) is 30.3 Å². The van der Waals surface area contributed by atoms with E-state index >= 15 is 0 Å². The highest BCUT2D eigenvalue weighted by Gasteiger charge is 2.06. The SMILES string of the molecule is O=[SH](Cl)(Br)c1ccccc1. The van der Waals surface area contributed by atoms with Gasteiger partial charge in [-0.15, -0.1) is 0 Å². The first-order valence-corrected chi connectivity index (χ1v) is 7.29. The minimum atomic E-state index is -2.73. The van der Waals surface area contributed by atoms with Crippen molar-refractivity contribution in [2.24, 2.45) is 0 Å². The molecule has 0 radical (unpaired) electrons. The fourth-order valence-corrected chi connectivity index (χ4v) is 2.17. The first kappa shape index (κ1) is 8.24. The summed E-state index contributed by atoms with van der Waals surface area (Å²) < 4.78 is 11.1. The van der Waals surface area contributed by atoms with Crippen molar-refractivity contribution in [1.29, 1.82) is 0 Å². The van der Waals surface area contributed by atoms with E-state index in [9.17, 15) is 4.21 Å². The van der Waals surface area contributed by atoms with Crippen LogP contribution in [0.2, 0.25) is 0 Å². The summed E-state index contributed by atoms with van der Waals surface area (Å²) >= 11 is 2.91. The number of hydrogen-bond acceptors (Lipinski definition) is 1. The van der Waals surface area contributed by atoms with Crippen molar-refractivity contribution in [2.75, 3.05) is 0 Å². The lowest BCUT2D eigenvalue weighted by Crippen LogP contribution is -1.89. The second-order valence-electron chi connectivity index (χ2n) is 1.80. The third-order valence-electron chi connectivity index (χ3n) is 1.06. The van der Waals surface area contributed by atoms with Gasteiger partial charge in [0.2, 0.25) is 0 Å². The van der Waals surface area contributed by atoms with Crippen LogP contribution < -0.4 is 0 Å². The summed E-state index contributed by atoms with van der Waals surface area (Å²) in [5.41, 5.74) is 0. The molecule has 0 heterocycles. The zero-order valence-corrected chi connectivity index (χ0v) is 8.23. The molecule has 0 aliphatic rings. The maximum absolute atomic E-state index is 11.1. The second kappa shape index (κ2) is 3.03. The lowest BCUT2D eigenvalue weighted by atomic mass is 10.4. The summed E-state index contributed by atoms with van der Waals surface area (Å²) in [6, 6.07) is 8.89. The predicted octanol–water partition coefficient (Wildman–Crippen LogP) is 2.53. The first-order valence-electron chi connectivity index (χ1n) is 2.65. The number of halogens is 2. The molecule has 0 spiro atoms. The van der Waals surface area contributed by atoms with Crippen LogP contribution in [0.5, 0.6) is 0 Å². The maximum atomic E-state index is 11.1. The molecule has 1 aromatic carbocycles. The smallest absolute Gasteiger partial charge is 0.0397 e. The minimum Gasteiger partial charge on any atom is -0.256 e. The van der Waals surface area contributed by atoms with Crippen LogP contribution in [-0.2, 0) is 7.58 Å². The molecule has 0 amide bonds. The molecular formula is C6H6BrClOS. The average Bonchev–Trinajstić information content (AvgIpc) is 1.88. The highest BCUT2D eigenvalue weighted by atomic mass is 79.9. The summed E-state index contributed by atoms with van der Waals surface area (Å²) in [7, 11) is 2.80. The molecule has 1 nitrogen and oxygen atoms in total. The molecule has 0 unspecified atom stereocenters. The zero-order valence-electron chi connectivity index (χ0n) is 5.00. The van der Waals surface area contributed by atoms with Crippen LogP contribution in [0.15, 0.2) is 35.2 Å². The van der Waals surface area contributed by atoms with Crippen molar-refractivity contribution in [1.82, 2.24) is 0 Å². The molecule has 56 valence electrons. The van der Waals surface area contributed by atoms with Gasteiger partial charge in [0.15, 0.2) is 0 Å². The Kier molecular flexibility index (Phi) is 2.50. The van der Waals surface area contributed by atoms with Gasteiger partial charge >= 0.3 is 0 Å². The minimum absolute atomic E-state index is 0.636. The van der Waals surface area contributed by atoms with Gasteiger partial charge in [-0.25, -0.2) is 0 Å². The molecule has 1 rings (SSSR count). The van der Waals surface area contributed by atoms with Crippen LogP contribution in [0.1, 0.15) is 0 Å². The largest absolute Gasteiger partial charge is 0.256 e. The van der Waals surface area contributed by atoms with E-state index in [1.165, 1.54) is 0 Å². The van der Waals surface area contributed by atoms with Gasteiger partial charge in [-0.05, 0) is 22.8 Å². The molecule has 0 aliphatic heterocycles. The van der Waals surface area contributed by atoms with Crippen LogP contribution >= 0.6 is 25.5 Å². The van der Waals surface area contributed by atoms with Crippen LogP contribution in [-0.4, -0.2) is 4.21 Å². The van der Waals surface area contributed by atoms with E-state index in [-0.39, 0.29) is 0 Å². The summed E-state index contributed by atoms with van der Waals surface area (Å²) in [4.78, 5) is 0.636. The Morgan fingerprint density at radius 1 is 1.30 bits per heavy atom. The molecule has 0 N–H and O–H groups in total. The van der Waals surface area contributed by atoms with E-state index in [2.05, 4.69) is 14.8 Å². The van der Waals surface area contributed by atoms with E-state index in [0.29, 0.717) is 4.90 Å². The van der Waals surface area contributed by atoms with Gasteiger partial charge in [-0.1, -0.05) is 18.2 Å². The Bertz CT molecular complexity index is 256. The van der Waals surface area contributed by atoms with Crippen LogP contribution in [0.3, 0.4) is 0 Å². The third-order valence-corrected chi connectivity index (χ3v) is 3.77. The maximum Gasteiger partial charge on any atom is 0.0397 e. The summed E-state index contributed by atoms with van der Waals surface area (Å²) in [6.45, 7) is 0. The molecule has 0 bridgehead atoms. The van der Waals surface area contributed by atoms with E-state index in [0.717, 1.165) is 0 Å². The molecule has 0 aliphatic carbocycles. The van der Waals surface area contributed by atoms with Gasteiger partial charge in [0.1, 0.15) is 0 Å². The molecule has 0 fully saturated rings. The quantitative estimate of drug-likeness (QED) is 0.591. The van der Waals surface area contributed by atoms with Gasteiger partial charge in [0.25, 0.3) is 0 Å². The standard InChI is InChI=1S/C6H6BrClOS/c7-10(8,9)6-4-2-1-3-5-6/h1-5,10H. The highest BCUT2D eigenvalue weighted by Crippen LogP contribution is 2.29. The molecular weight excluding hydrogens is 235 g/mol. The molecule has 0 saturated heterocycles. The fraction of sp³-hybridized carbons (Fsp3) is 0. The van der Waals surface area contributed by atoms with E-state index < -0.39 is 7.58 Å². The summed E-state index contributed by atoms with van der Waals surface area (Å²) in [5, 5.41) is 0. The van der Waals surface area contributed by atoms with E-state index in [4.69, 9.17) is 10.7 Å². The van der Waals surface area contributed by atoms with Gasteiger partial charge in [-0.3, -0.25) is 4.21 Å². The van der Waals surface area contributed by atoms with Crippen molar-refractivity contribution >= 4 is 33.1 Å². The Morgan fingerprint density at radius 2 is 1.80 bits per heavy atom. The van der Waals surface area contributed by atoms with Gasteiger partial charge in [0.05, 0.1) is 0 Å². The van der Waals surface area contributed by atoms with Gasteiger partial charge < -0.3 is 0 Å². The highest BCUT2D eigenvalue weighted by molar-refractivity contribution is 9.52. The summed E-state index contributed by atoms with van der Waals surface area (Å²) in [5.74, 6) is 0. The number of rotatable bonds is 1. The van der Waals surface area contributed by atoms with Gasteiger partial charge in [-0.2, -0.15) is 0 Å². The number of thiol groups is 1. The second-order valence-corrected chi connectivity index (χ2v) is 8.89. The van der Waals surface area contributed by atoms with Crippen molar-refractivity contribution in [2.45, 2.75) is 4.90 Å². The average molecular weight is 242 g/mol. The third kappa shape index (κ3) is 2.08. The Labute approximate surface area is 72.5 Å². The van der Waals surface area contributed by atoms with Crippen molar-refractivity contribution in [3.63, 3.8) is 0 Å². The number of benzene rings is 1. The zero-order chi connectivity index (χ0) is 7.61. The van der Waals surface area contributed by atoms with Crippen LogP contribution in [0.4, 0.5) is 0 Å². The number of hydrogen-bond donors (Lipinski definition) is 1. The van der Waals surface area contributed by atoms with Crippen LogP contribution in [0.25, 0.3) is 0 Å². The molecule has 4 heteroatoms. The Hall–Kier alpha value is 0.140. The van der Waals surface area contributed by atoms with Crippen LogP contribution in [0, 0.1) is 0 Å². The first-order chi connectivity index (χ1) is 4.61. The fourth-order valence-electron chi connectivity index (χ4n) is 0.602.